The van der Waals surface area contributed by atoms with Gasteiger partial charge in [0.05, 0.1) is 25.4 Å². The largest absolute Gasteiger partial charge is 0.369 e. The van der Waals surface area contributed by atoms with Crippen LogP contribution in [0, 0.1) is 17.3 Å². The first kappa shape index (κ1) is 10.6. The van der Waals surface area contributed by atoms with Gasteiger partial charge < -0.3 is 9.47 Å². The summed E-state index contributed by atoms with van der Waals surface area (Å²) < 4.78 is 12.1. The fourth-order valence-electron chi connectivity index (χ4n) is 4.86. The minimum Gasteiger partial charge on any atom is -0.369 e. The van der Waals surface area contributed by atoms with Crippen molar-refractivity contribution in [3.05, 3.63) is 11.1 Å². The predicted octanol–water partition coefficient (Wildman–Crippen LogP) is 2.93. The Bertz CT molecular complexity index is 386. The Labute approximate surface area is 103 Å². The Hall–Kier alpha value is -0.340. The van der Waals surface area contributed by atoms with Crippen LogP contribution in [0.5, 0.6) is 0 Å². The van der Waals surface area contributed by atoms with Gasteiger partial charge in [-0.25, -0.2) is 0 Å². The van der Waals surface area contributed by atoms with Gasteiger partial charge in [0.15, 0.2) is 0 Å². The fraction of sp³-hybridized carbons (Fsp3) is 0.867. The van der Waals surface area contributed by atoms with E-state index < -0.39 is 0 Å². The summed E-state index contributed by atoms with van der Waals surface area (Å²) in [6.45, 7) is 6.60. The first-order chi connectivity index (χ1) is 8.21. The monoisotopic (exact) mass is 234 g/mol. The summed E-state index contributed by atoms with van der Waals surface area (Å²) in [7, 11) is 0. The van der Waals surface area contributed by atoms with Gasteiger partial charge >= 0.3 is 0 Å². The van der Waals surface area contributed by atoms with Crippen molar-refractivity contribution < 1.29 is 9.47 Å². The molecule has 2 saturated carbocycles. The second-order valence-corrected chi connectivity index (χ2v) is 6.68. The standard InChI is InChI=1S/C15H22O2/c1-9-4-3-5-11-6-12-13-10(7-16-12)8-17-14(13)15(9,11)2/h9,11-12,14H,3-8H2,1-2H3/t9-,11+,12+,14+,15+/m1/s1. The summed E-state index contributed by atoms with van der Waals surface area (Å²) >= 11 is 0. The van der Waals surface area contributed by atoms with Crippen molar-refractivity contribution in [1.29, 1.82) is 0 Å². The molecular weight excluding hydrogens is 212 g/mol. The van der Waals surface area contributed by atoms with E-state index >= 15 is 0 Å². The average molecular weight is 234 g/mol. The van der Waals surface area contributed by atoms with Crippen LogP contribution >= 0.6 is 0 Å². The highest BCUT2D eigenvalue weighted by molar-refractivity contribution is 5.36. The molecule has 17 heavy (non-hydrogen) atoms. The molecule has 4 aliphatic rings. The van der Waals surface area contributed by atoms with Crippen LogP contribution in [0.25, 0.3) is 0 Å². The molecule has 0 aromatic heterocycles. The van der Waals surface area contributed by atoms with Crippen LogP contribution in [-0.4, -0.2) is 25.4 Å². The molecule has 0 amide bonds. The van der Waals surface area contributed by atoms with Crippen LogP contribution in [0.3, 0.4) is 0 Å². The molecule has 5 atom stereocenters. The van der Waals surface area contributed by atoms with E-state index in [0.717, 1.165) is 25.0 Å². The maximum Gasteiger partial charge on any atom is 0.0877 e. The number of hydrogen-bond donors (Lipinski definition) is 0. The molecule has 0 spiro atoms. The van der Waals surface area contributed by atoms with Crippen molar-refractivity contribution in [1.82, 2.24) is 0 Å². The second-order valence-electron chi connectivity index (χ2n) is 6.68. The van der Waals surface area contributed by atoms with Gasteiger partial charge in [0, 0.05) is 5.41 Å². The van der Waals surface area contributed by atoms with Gasteiger partial charge in [-0.15, -0.1) is 0 Å². The Morgan fingerprint density at radius 1 is 1.18 bits per heavy atom. The molecule has 2 nitrogen and oxygen atoms in total. The molecule has 0 aromatic carbocycles. The number of ether oxygens (including phenoxy) is 2. The van der Waals surface area contributed by atoms with Gasteiger partial charge in [-0.3, -0.25) is 0 Å². The first-order valence-electron chi connectivity index (χ1n) is 7.16. The number of fused-ring (bicyclic) bond motifs is 2. The first-order valence-corrected chi connectivity index (χ1v) is 7.16. The predicted molar refractivity (Wildman–Crippen MR) is 65.7 cm³/mol. The molecule has 2 aliphatic carbocycles. The van der Waals surface area contributed by atoms with Gasteiger partial charge in [0.1, 0.15) is 0 Å². The Balaban J connectivity index is 1.79. The SMILES string of the molecule is C[C@@H]1CCC[C@H]2C[C@@H]3OCC4=C3[C@H](OC4)[C@]21C. The van der Waals surface area contributed by atoms with Crippen LogP contribution < -0.4 is 0 Å². The molecule has 2 fully saturated rings. The molecule has 2 aliphatic heterocycles. The zero-order chi connectivity index (χ0) is 11.6. The third-order valence-corrected chi connectivity index (χ3v) is 6.12. The third kappa shape index (κ3) is 1.18. The molecule has 0 bridgehead atoms. The summed E-state index contributed by atoms with van der Waals surface area (Å²) in [6.07, 6.45) is 6.18. The smallest absolute Gasteiger partial charge is 0.0877 e. The van der Waals surface area contributed by atoms with Crippen molar-refractivity contribution in [2.75, 3.05) is 13.2 Å². The maximum absolute atomic E-state index is 6.18. The lowest BCUT2D eigenvalue weighted by Gasteiger charge is -2.54. The third-order valence-electron chi connectivity index (χ3n) is 6.12. The molecule has 0 radical (unpaired) electrons. The highest BCUT2D eigenvalue weighted by atomic mass is 16.5. The van der Waals surface area contributed by atoms with Crippen molar-refractivity contribution in [2.45, 2.75) is 51.7 Å². The van der Waals surface area contributed by atoms with Crippen LogP contribution in [0.4, 0.5) is 0 Å². The molecule has 4 rings (SSSR count). The van der Waals surface area contributed by atoms with Gasteiger partial charge in [-0.05, 0) is 35.8 Å². The van der Waals surface area contributed by atoms with Crippen LogP contribution in [0.15, 0.2) is 11.1 Å². The van der Waals surface area contributed by atoms with Gasteiger partial charge in [0.2, 0.25) is 0 Å². The van der Waals surface area contributed by atoms with E-state index in [1.807, 2.05) is 0 Å². The quantitative estimate of drug-likeness (QED) is 0.600. The lowest BCUT2D eigenvalue weighted by molar-refractivity contribution is -0.119. The fourth-order valence-corrected chi connectivity index (χ4v) is 4.86. The highest BCUT2D eigenvalue weighted by Gasteiger charge is 2.57. The summed E-state index contributed by atoms with van der Waals surface area (Å²) in [4.78, 5) is 0. The van der Waals surface area contributed by atoms with E-state index in [1.54, 1.807) is 5.57 Å². The van der Waals surface area contributed by atoms with E-state index in [9.17, 15) is 0 Å². The van der Waals surface area contributed by atoms with Crippen molar-refractivity contribution in [2.24, 2.45) is 17.3 Å². The molecule has 0 saturated heterocycles. The van der Waals surface area contributed by atoms with E-state index in [2.05, 4.69) is 13.8 Å². The highest BCUT2D eigenvalue weighted by Crippen LogP contribution is 2.59. The van der Waals surface area contributed by atoms with Crippen LogP contribution in [0.2, 0.25) is 0 Å². The van der Waals surface area contributed by atoms with E-state index in [4.69, 9.17) is 9.47 Å². The van der Waals surface area contributed by atoms with Crippen molar-refractivity contribution >= 4 is 0 Å². The summed E-state index contributed by atoms with van der Waals surface area (Å²) in [5.41, 5.74) is 3.40. The molecule has 2 heteroatoms. The topological polar surface area (TPSA) is 18.5 Å². The molecule has 0 N–H and O–H groups in total. The Morgan fingerprint density at radius 2 is 2.00 bits per heavy atom. The van der Waals surface area contributed by atoms with Crippen molar-refractivity contribution in [3.8, 4) is 0 Å². The lowest BCUT2D eigenvalue weighted by Crippen LogP contribution is -2.53. The summed E-state index contributed by atoms with van der Waals surface area (Å²) in [6, 6.07) is 0. The van der Waals surface area contributed by atoms with Crippen molar-refractivity contribution in [3.63, 3.8) is 0 Å². The van der Waals surface area contributed by atoms with Gasteiger partial charge in [-0.2, -0.15) is 0 Å². The van der Waals surface area contributed by atoms with Gasteiger partial charge in [-0.1, -0.05) is 26.7 Å². The average Bonchev–Trinajstić information content (AvgIpc) is 2.88. The Morgan fingerprint density at radius 3 is 2.88 bits per heavy atom. The Kier molecular flexibility index (Phi) is 2.09. The molecule has 0 unspecified atom stereocenters. The number of rotatable bonds is 0. The summed E-state index contributed by atoms with van der Waals surface area (Å²) in [5, 5.41) is 0. The normalized spacial score (nSPS) is 52.6. The van der Waals surface area contributed by atoms with Crippen LogP contribution in [-0.2, 0) is 9.47 Å². The summed E-state index contributed by atoms with van der Waals surface area (Å²) in [5.74, 6) is 1.60. The molecule has 0 aromatic rings. The minimum atomic E-state index is 0.374. The lowest BCUT2D eigenvalue weighted by atomic mass is 9.53. The van der Waals surface area contributed by atoms with Gasteiger partial charge in [0.25, 0.3) is 0 Å². The minimum absolute atomic E-state index is 0.374. The van der Waals surface area contributed by atoms with E-state index in [1.165, 1.54) is 31.3 Å². The van der Waals surface area contributed by atoms with E-state index in [0.29, 0.717) is 17.6 Å². The maximum atomic E-state index is 6.18. The molecule has 2 heterocycles. The van der Waals surface area contributed by atoms with E-state index in [-0.39, 0.29) is 0 Å². The molecular formula is C15H22O2. The van der Waals surface area contributed by atoms with Crippen LogP contribution in [0.1, 0.15) is 39.5 Å². The number of hydrogen-bond acceptors (Lipinski definition) is 2. The zero-order valence-electron chi connectivity index (χ0n) is 10.9. The zero-order valence-corrected chi connectivity index (χ0v) is 10.9. The molecule has 94 valence electrons. The second kappa shape index (κ2) is 3.36.